The third-order valence-corrected chi connectivity index (χ3v) is 2.37. The molecule has 0 fully saturated rings. The fourth-order valence-corrected chi connectivity index (χ4v) is 1.47. The van der Waals surface area contributed by atoms with E-state index in [0.717, 1.165) is 11.5 Å². The molecule has 0 radical (unpaired) electrons. The van der Waals surface area contributed by atoms with Crippen LogP contribution in [-0.2, 0) is 13.6 Å². The highest BCUT2D eigenvalue weighted by Crippen LogP contribution is 2.12. The summed E-state index contributed by atoms with van der Waals surface area (Å²) >= 11 is 0. The van der Waals surface area contributed by atoms with Crippen LogP contribution in [0.3, 0.4) is 0 Å². The first kappa shape index (κ1) is 10.9. The van der Waals surface area contributed by atoms with Gasteiger partial charge >= 0.3 is 0 Å². The van der Waals surface area contributed by atoms with Crippen molar-refractivity contribution in [2.24, 2.45) is 7.05 Å². The molecule has 2 heterocycles. The van der Waals surface area contributed by atoms with E-state index in [1.807, 2.05) is 33.2 Å². The van der Waals surface area contributed by atoms with Crippen molar-refractivity contribution in [1.82, 2.24) is 20.1 Å². The molecule has 5 nitrogen and oxygen atoms in total. The van der Waals surface area contributed by atoms with E-state index in [-0.39, 0.29) is 6.04 Å². The topological polar surface area (TPSA) is 55.9 Å². The van der Waals surface area contributed by atoms with Crippen LogP contribution in [0.1, 0.15) is 30.3 Å². The highest BCUT2D eigenvalue weighted by molar-refractivity contribution is 5.00. The summed E-state index contributed by atoms with van der Waals surface area (Å²) in [4.78, 5) is 4.18. The van der Waals surface area contributed by atoms with Crippen molar-refractivity contribution in [1.29, 1.82) is 0 Å². The fraction of sp³-hybridized carbons (Fsp3) is 0.455. The maximum atomic E-state index is 5.44. The van der Waals surface area contributed by atoms with Gasteiger partial charge in [-0.25, -0.2) is 4.98 Å². The van der Waals surface area contributed by atoms with Gasteiger partial charge in [0.25, 0.3) is 0 Å². The van der Waals surface area contributed by atoms with Gasteiger partial charge in [0.2, 0.25) is 5.89 Å². The van der Waals surface area contributed by atoms with Gasteiger partial charge in [0.15, 0.2) is 0 Å². The van der Waals surface area contributed by atoms with Crippen LogP contribution in [0.25, 0.3) is 0 Å². The summed E-state index contributed by atoms with van der Waals surface area (Å²) in [7, 11) is 1.91. The van der Waals surface area contributed by atoms with E-state index >= 15 is 0 Å². The van der Waals surface area contributed by atoms with E-state index in [0.29, 0.717) is 12.4 Å². The van der Waals surface area contributed by atoms with Crippen LogP contribution in [0.2, 0.25) is 0 Å². The first-order chi connectivity index (χ1) is 7.65. The van der Waals surface area contributed by atoms with E-state index in [1.54, 1.807) is 10.9 Å². The number of hydrogen-bond acceptors (Lipinski definition) is 4. The third-order valence-electron chi connectivity index (χ3n) is 2.37. The van der Waals surface area contributed by atoms with Gasteiger partial charge < -0.3 is 9.73 Å². The highest BCUT2D eigenvalue weighted by Gasteiger charge is 2.10. The second-order valence-corrected chi connectivity index (χ2v) is 3.89. The van der Waals surface area contributed by atoms with Gasteiger partial charge in [-0.2, -0.15) is 5.10 Å². The van der Waals surface area contributed by atoms with Crippen LogP contribution in [0.15, 0.2) is 22.9 Å². The first-order valence-electron chi connectivity index (χ1n) is 5.29. The SMILES string of the molecule is Cc1cnc(C(C)NCc2ccn(C)n2)o1. The standard InChI is InChI=1S/C11H16N4O/c1-8-6-13-11(16-8)9(2)12-7-10-4-5-15(3)14-10/h4-6,9,12H,7H2,1-3H3. The second kappa shape index (κ2) is 4.49. The molecule has 0 aromatic carbocycles. The number of rotatable bonds is 4. The quantitative estimate of drug-likeness (QED) is 0.849. The van der Waals surface area contributed by atoms with Gasteiger partial charge in [-0.15, -0.1) is 0 Å². The Bertz CT molecular complexity index is 460. The van der Waals surface area contributed by atoms with Crippen LogP contribution >= 0.6 is 0 Å². The Morgan fingerprint density at radius 2 is 2.38 bits per heavy atom. The lowest BCUT2D eigenvalue weighted by molar-refractivity contribution is 0.400. The van der Waals surface area contributed by atoms with E-state index in [9.17, 15) is 0 Å². The summed E-state index contributed by atoms with van der Waals surface area (Å²) in [5.74, 6) is 1.55. The molecule has 0 bridgehead atoms. The van der Waals surface area contributed by atoms with Crippen LogP contribution in [-0.4, -0.2) is 14.8 Å². The minimum absolute atomic E-state index is 0.0932. The number of aryl methyl sites for hydroxylation is 2. The molecule has 0 saturated carbocycles. The molecule has 2 rings (SSSR count). The van der Waals surface area contributed by atoms with Gasteiger partial charge in [0.1, 0.15) is 5.76 Å². The van der Waals surface area contributed by atoms with Gasteiger partial charge in [-0.05, 0) is 19.9 Å². The van der Waals surface area contributed by atoms with Crippen LogP contribution in [0.4, 0.5) is 0 Å². The normalized spacial score (nSPS) is 12.9. The Morgan fingerprint density at radius 1 is 1.56 bits per heavy atom. The zero-order valence-corrected chi connectivity index (χ0v) is 9.77. The molecule has 1 N–H and O–H groups in total. The molecule has 1 unspecified atom stereocenters. The van der Waals surface area contributed by atoms with Gasteiger partial charge in [0.05, 0.1) is 17.9 Å². The zero-order valence-electron chi connectivity index (χ0n) is 9.77. The molecule has 86 valence electrons. The maximum Gasteiger partial charge on any atom is 0.211 e. The molecular weight excluding hydrogens is 204 g/mol. The smallest absolute Gasteiger partial charge is 0.211 e. The largest absolute Gasteiger partial charge is 0.444 e. The second-order valence-electron chi connectivity index (χ2n) is 3.89. The van der Waals surface area contributed by atoms with Crippen LogP contribution in [0, 0.1) is 6.92 Å². The zero-order chi connectivity index (χ0) is 11.5. The molecule has 2 aromatic rings. The van der Waals surface area contributed by atoms with Crippen molar-refractivity contribution in [3.8, 4) is 0 Å². The molecule has 0 spiro atoms. The van der Waals surface area contributed by atoms with Crippen molar-refractivity contribution >= 4 is 0 Å². The van der Waals surface area contributed by atoms with Crippen molar-refractivity contribution in [3.63, 3.8) is 0 Å². The summed E-state index contributed by atoms with van der Waals surface area (Å²) in [5, 5.41) is 7.59. The van der Waals surface area contributed by atoms with E-state index < -0.39 is 0 Å². The molecule has 0 amide bonds. The Kier molecular flexibility index (Phi) is 3.05. The lowest BCUT2D eigenvalue weighted by Crippen LogP contribution is -2.18. The summed E-state index contributed by atoms with van der Waals surface area (Å²) < 4.78 is 7.23. The predicted octanol–water partition coefficient (Wildman–Crippen LogP) is 1.57. The summed E-state index contributed by atoms with van der Waals surface area (Å²) in [6.07, 6.45) is 3.66. The molecule has 1 atom stereocenters. The Morgan fingerprint density at radius 3 is 2.94 bits per heavy atom. The molecule has 0 saturated heterocycles. The minimum atomic E-state index is 0.0932. The Labute approximate surface area is 94.5 Å². The third kappa shape index (κ3) is 2.49. The van der Waals surface area contributed by atoms with Crippen molar-refractivity contribution in [3.05, 3.63) is 35.8 Å². The van der Waals surface area contributed by atoms with Gasteiger partial charge in [-0.3, -0.25) is 4.68 Å². The van der Waals surface area contributed by atoms with E-state index in [4.69, 9.17) is 4.42 Å². The van der Waals surface area contributed by atoms with E-state index in [2.05, 4.69) is 15.4 Å². The number of hydrogen-bond donors (Lipinski definition) is 1. The summed E-state index contributed by atoms with van der Waals surface area (Å²) in [5.41, 5.74) is 1.01. The van der Waals surface area contributed by atoms with Crippen molar-refractivity contribution in [2.75, 3.05) is 0 Å². The first-order valence-corrected chi connectivity index (χ1v) is 5.29. The average molecular weight is 220 g/mol. The molecule has 0 aliphatic heterocycles. The number of nitrogens with zero attached hydrogens (tertiary/aromatic N) is 3. The minimum Gasteiger partial charge on any atom is -0.444 e. The Balaban J connectivity index is 1.91. The molecule has 0 aliphatic carbocycles. The van der Waals surface area contributed by atoms with E-state index in [1.165, 1.54) is 0 Å². The number of oxazole rings is 1. The number of aromatic nitrogens is 3. The summed E-state index contributed by atoms with van der Waals surface area (Å²) in [6.45, 7) is 4.62. The number of nitrogens with one attached hydrogen (secondary N) is 1. The molecule has 0 aliphatic rings. The fourth-order valence-electron chi connectivity index (χ4n) is 1.47. The Hall–Kier alpha value is -1.62. The van der Waals surface area contributed by atoms with Crippen molar-refractivity contribution < 1.29 is 4.42 Å². The molecular formula is C11H16N4O. The van der Waals surface area contributed by atoms with Gasteiger partial charge in [0, 0.05) is 19.8 Å². The maximum absolute atomic E-state index is 5.44. The monoisotopic (exact) mass is 220 g/mol. The van der Waals surface area contributed by atoms with Gasteiger partial charge in [-0.1, -0.05) is 0 Å². The summed E-state index contributed by atoms with van der Waals surface area (Å²) in [6, 6.07) is 2.08. The lowest BCUT2D eigenvalue weighted by atomic mass is 10.3. The molecule has 5 heteroatoms. The van der Waals surface area contributed by atoms with Crippen molar-refractivity contribution in [2.45, 2.75) is 26.4 Å². The lowest BCUT2D eigenvalue weighted by Gasteiger charge is -2.08. The molecule has 16 heavy (non-hydrogen) atoms. The van der Waals surface area contributed by atoms with Crippen LogP contribution in [0.5, 0.6) is 0 Å². The average Bonchev–Trinajstić information content (AvgIpc) is 2.84. The highest BCUT2D eigenvalue weighted by atomic mass is 16.4. The van der Waals surface area contributed by atoms with Crippen LogP contribution < -0.4 is 5.32 Å². The predicted molar refractivity (Wildman–Crippen MR) is 59.7 cm³/mol. The molecule has 2 aromatic heterocycles.